The number of rotatable bonds is 11. The molecule has 3 rings (SSSR count). The van der Waals surface area contributed by atoms with Gasteiger partial charge in [0.15, 0.2) is 0 Å². The van der Waals surface area contributed by atoms with Crippen LogP contribution in [0.25, 0.3) is 0 Å². The number of para-hydroxylation sites is 1. The second-order valence-electron chi connectivity index (χ2n) is 7.77. The molecule has 0 atom stereocenters. The summed E-state index contributed by atoms with van der Waals surface area (Å²) in [4.78, 5) is 15.4. The highest BCUT2D eigenvalue weighted by molar-refractivity contribution is 7.89. The second-order valence-corrected chi connectivity index (χ2v) is 9.68. The normalized spacial score (nSPS) is 11.7. The summed E-state index contributed by atoms with van der Waals surface area (Å²) in [5.41, 5.74) is 3.12. The lowest BCUT2D eigenvalue weighted by atomic mass is 10.1. The molecule has 0 unspecified atom stereocenters. The van der Waals surface area contributed by atoms with Crippen LogP contribution in [0, 0.1) is 11.3 Å². The summed E-state index contributed by atoms with van der Waals surface area (Å²) >= 11 is 0. The molecule has 0 saturated heterocycles. The average Bonchev–Trinajstić information content (AvgIpc) is 2.88. The third-order valence-electron chi connectivity index (χ3n) is 5.25. The van der Waals surface area contributed by atoms with Crippen molar-refractivity contribution >= 4 is 21.7 Å². The Balaban J connectivity index is 1.91. The Morgan fingerprint density at radius 1 is 1.00 bits per heavy atom. The van der Waals surface area contributed by atoms with Crippen molar-refractivity contribution in [3.05, 3.63) is 95.1 Å². The summed E-state index contributed by atoms with van der Waals surface area (Å²) in [6, 6.07) is 22.3. The van der Waals surface area contributed by atoms with Crippen molar-refractivity contribution < 1.29 is 27.9 Å². The molecule has 0 aromatic heterocycles. The van der Waals surface area contributed by atoms with Gasteiger partial charge < -0.3 is 14.7 Å². The van der Waals surface area contributed by atoms with Crippen molar-refractivity contribution in [3.63, 3.8) is 0 Å². The van der Waals surface area contributed by atoms with E-state index < -0.39 is 22.6 Å². The minimum absolute atomic E-state index is 0.0522. The summed E-state index contributed by atoms with van der Waals surface area (Å²) in [6.07, 6.45) is 0. The Morgan fingerprint density at radius 3 is 2.14 bits per heavy atom. The van der Waals surface area contributed by atoms with E-state index >= 15 is 0 Å². The molecule has 10 heteroatoms. The lowest BCUT2D eigenvalue weighted by Crippen LogP contribution is -2.30. The molecule has 3 aromatic rings. The van der Waals surface area contributed by atoms with Crippen molar-refractivity contribution in [1.29, 1.82) is 5.26 Å². The van der Waals surface area contributed by atoms with Crippen molar-refractivity contribution in [2.45, 2.75) is 24.9 Å². The number of carboxylic acids is 1. The fourth-order valence-electron chi connectivity index (χ4n) is 3.38. The number of nitrogens with zero attached hydrogens (tertiary/aromatic N) is 3. The number of nitriles is 1. The molecule has 0 fully saturated rings. The number of sulfonamides is 1. The van der Waals surface area contributed by atoms with E-state index in [2.05, 4.69) is 11.2 Å². The van der Waals surface area contributed by atoms with Gasteiger partial charge in [0.2, 0.25) is 16.6 Å². The summed E-state index contributed by atoms with van der Waals surface area (Å²) in [5, 5.41) is 21.5. The first-order valence-electron chi connectivity index (χ1n) is 10.8. The van der Waals surface area contributed by atoms with Crippen molar-refractivity contribution in [2.24, 2.45) is 5.16 Å². The number of benzene rings is 3. The first kappa shape index (κ1) is 26.4. The largest absolute Gasteiger partial charge is 0.495 e. The van der Waals surface area contributed by atoms with Crippen molar-refractivity contribution in [3.8, 4) is 11.8 Å². The molecule has 0 spiro atoms. The van der Waals surface area contributed by atoms with Crippen LogP contribution in [-0.2, 0) is 32.7 Å². The Labute approximate surface area is 209 Å². The van der Waals surface area contributed by atoms with E-state index in [1.165, 1.54) is 17.5 Å². The van der Waals surface area contributed by atoms with Gasteiger partial charge in [-0.2, -0.15) is 9.57 Å². The van der Waals surface area contributed by atoms with Crippen LogP contribution in [0.3, 0.4) is 0 Å². The maximum atomic E-state index is 13.7. The maximum Gasteiger partial charge on any atom is 0.344 e. The third kappa shape index (κ3) is 6.69. The molecule has 0 bridgehead atoms. The number of hydrogen-bond donors (Lipinski definition) is 1. The van der Waals surface area contributed by atoms with E-state index in [9.17, 15) is 13.2 Å². The minimum Gasteiger partial charge on any atom is -0.495 e. The van der Waals surface area contributed by atoms with Gasteiger partial charge in [0, 0.05) is 13.1 Å². The number of oxime groups is 1. The van der Waals surface area contributed by atoms with Crippen LogP contribution in [-0.4, -0.2) is 43.2 Å². The second kappa shape index (κ2) is 12.0. The van der Waals surface area contributed by atoms with Crippen LogP contribution in [0.2, 0.25) is 0 Å². The molecule has 0 radical (unpaired) electrons. The van der Waals surface area contributed by atoms with Crippen molar-refractivity contribution in [2.75, 3.05) is 13.7 Å². The average molecular weight is 508 g/mol. The van der Waals surface area contributed by atoms with Crippen molar-refractivity contribution in [1.82, 2.24) is 4.31 Å². The first-order valence-corrected chi connectivity index (χ1v) is 12.3. The molecule has 0 amide bonds. The van der Waals surface area contributed by atoms with Crippen LogP contribution < -0.4 is 4.74 Å². The molecular formula is C26H25N3O6S. The zero-order chi connectivity index (χ0) is 26.1. The number of methoxy groups -OCH3 is 1. The monoisotopic (exact) mass is 507 g/mol. The summed E-state index contributed by atoms with van der Waals surface area (Å²) in [5.74, 6) is -0.883. The predicted octanol–water partition coefficient (Wildman–Crippen LogP) is 3.78. The Bertz CT molecular complexity index is 1380. The SMILES string of the molecule is COc1ccccc1S(=O)(=O)N(Cc1ccc(C#N)cc1)Cc1ccc(C(C)=NOCC(=O)O)cc1. The van der Waals surface area contributed by atoms with E-state index in [0.29, 0.717) is 16.8 Å². The minimum atomic E-state index is -3.96. The zero-order valence-electron chi connectivity index (χ0n) is 19.8. The molecule has 3 aromatic carbocycles. The molecule has 1 N–H and O–H groups in total. The van der Waals surface area contributed by atoms with Gasteiger partial charge in [-0.1, -0.05) is 53.7 Å². The highest BCUT2D eigenvalue weighted by Crippen LogP contribution is 2.28. The number of carboxylic acid groups (broad SMARTS) is 1. The van der Waals surface area contributed by atoms with Crippen LogP contribution in [0.5, 0.6) is 5.75 Å². The van der Waals surface area contributed by atoms with Crippen LogP contribution >= 0.6 is 0 Å². The van der Waals surface area contributed by atoms with E-state index in [1.54, 1.807) is 73.7 Å². The topological polar surface area (TPSA) is 129 Å². The number of hydrogen-bond acceptors (Lipinski definition) is 7. The maximum absolute atomic E-state index is 13.7. The standard InChI is InChI=1S/C26H25N3O6S/c1-19(28-35-18-26(30)31)23-13-11-22(12-14-23)17-29(16-21-9-7-20(15-27)8-10-21)36(32,33)25-6-4-3-5-24(25)34-2/h3-14H,16-18H2,1-2H3,(H,30,31). The molecule has 0 aliphatic carbocycles. The lowest BCUT2D eigenvalue weighted by Gasteiger charge is -2.23. The predicted molar refractivity (Wildman–Crippen MR) is 133 cm³/mol. The van der Waals surface area contributed by atoms with Gasteiger partial charge in [-0.15, -0.1) is 0 Å². The zero-order valence-corrected chi connectivity index (χ0v) is 20.6. The number of carbonyl (C=O) groups is 1. The van der Waals surface area contributed by atoms with Gasteiger partial charge in [-0.3, -0.25) is 0 Å². The molecule has 0 heterocycles. The van der Waals surface area contributed by atoms with E-state index in [0.717, 1.165) is 11.1 Å². The smallest absolute Gasteiger partial charge is 0.344 e. The van der Waals surface area contributed by atoms with E-state index in [4.69, 9.17) is 19.9 Å². The van der Waals surface area contributed by atoms with Crippen LogP contribution in [0.15, 0.2) is 82.8 Å². The highest BCUT2D eigenvalue weighted by Gasteiger charge is 2.28. The quantitative estimate of drug-likeness (QED) is 0.309. The van der Waals surface area contributed by atoms with Crippen LogP contribution in [0.1, 0.15) is 29.2 Å². The van der Waals surface area contributed by atoms with E-state index in [-0.39, 0.29) is 23.7 Å². The van der Waals surface area contributed by atoms with Gasteiger partial charge in [-0.05, 0) is 47.9 Å². The number of ether oxygens (including phenoxy) is 1. The third-order valence-corrected chi connectivity index (χ3v) is 7.08. The fraction of sp³-hybridized carbons (Fsp3) is 0.192. The van der Waals surface area contributed by atoms with E-state index in [1.807, 2.05) is 0 Å². The van der Waals surface area contributed by atoms with Crippen LogP contribution in [0.4, 0.5) is 0 Å². The molecule has 36 heavy (non-hydrogen) atoms. The lowest BCUT2D eigenvalue weighted by molar-refractivity contribution is -0.142. The van der Waals surface area contributed by atoms with Gasteiger partial charge >= 0.3 is 5.97 Å². The molecular weight excluding hydrogens is 482 g/mol. The van der Waals surface area contributed by atoms with Gasteiger partial charge in [0.1, 0.15) is 10.6 Å². The first-order chi connectivity index (χ1) is 17.2. The molecule has 0 aliphatic heterocycles. The fourth-order valence-corrected chi connectivity index (χ4v) is 4.95. The Kier molecular flexibility index (Phi) is 8.78. The summed E-state index contributed by atoms with van der Waals surface area (Å²) in [7, 11) is -2.54. The Morgan fingerprint density at radius 2 is 1.58 bits per heavy atom. The molecule has 9 nitrogen and oxygen atoms in total. The van der Waals surface area contributed by atoms with Gasteiger partial charge in [-0.25, -0.2) is 13.2 Å². The number of aliphatic carboxylic acids is 1. The Hall–Kier alpha value is -4.20. The summed E-state index contributed by atoms with van der Waals surface area (Å²) in [6.45, 7) is 1.30. The molecule has 0 saturated carbocycles. The highest BCUT2D eigenvalue weighted by atomic mass is 32.2. The molecule has 0 aliphatic rings. The molecule has 186 valence electrons. The summed E-state index contributed by atoms with van der Waals surface area (Å²) < 4.78 is 34.0. The van der Waals surface area contributed by atoms with Gasteiger partial charge in [0.25, 0.3) is 0 Å². The van der Waals surface area contributed by atoms with Gasteiger partial charge in [0.05, 0.1) is 24.5 Å².